The summed E-state index contributed by atoms with van der Waals surface area (Å²) in [4.78, 5) is 27.9. The first-order valence-corrected chi connectivity index (χ1v) is 11.5. The number of ether oxygens (including phenoxy) is 1. The van der Waals surface area contributed by atoms with Crippen LogP contribution in [0.15, 0.2) is 54.6 Å². The molecule has 1 N–H and O–H groups in total. The molecule has 158 valence electrons. The predicted molar refractivity (Wildman–Crippen MR) is 112 cm³/mol. The van der Waals surface area contributed by atoms with Crippen molar-refractivity contribution in [1.82, 2.24) is 0 Å². The van der Waals surface area contributed by atoms with E-state index in [2.05, 4.69) is 4.52 Å². The maximum atomic E-state index is 12.7. The number of carbonyl (C=O) groups excluding carboxylic acids is 1. The number of hydroxylamine groups is 1. The first-order valence-electron chi connectivity index (χ1n) is 9.05. The zero-order chi connectivity index (χ0) is 21.4. The number of halogens is 1. The number of benzene rings is 2. The number of rotatable bonds is 10. The van der Waals surface area contributed by atoms with E-state index in [1.54, 1.807) is 31.4 Å². The van der Waals surface area contributed by atoms with Crippen molar-refractivity contribution in [3.8, 4) is 5.75 Å². The maximum absolute atomic E-state index is 12.7. The van der Waals surface area contributed by atoms with E-state index in [0.717, 1.165) is 5.56 Å². The zero-order valence-corrected chi connectivity index (χ0v) is 18.2. The minimum atomic E-state index is -4.52. The number of nitrogens with zero attached hydrogens (tertiary/aromatic N) is 1. The fourth-order valence-corrected chi connectivity index (χ4v) is 3.25. The lowest BCUT2D eigenvalue weighted by molar-refractivity contribution is -0.139. The highest BCUT2D eigenvalue weighted by Gasteiger charge is 2.34. The second kappa shape index (κ2) is 10.6. The molecule has 2 aromatic carbocycles. The van der Waals surface area contributed by atoms with Gasteiger partial charge in [0.1, 0.15) is 5.75 Å². The summed E-state index contributed by atoms with van der Waals surface area (Å²) < 4.78 is 21.2. The van der Waals surface area contributed by atoms with E-state index in [9.17, 15) is 14.3 Å². The van der Waals surface area contributed by atoms with Crippen LogP contribution in [0.1, 0.15) is 25.8 Å². The summed E-state index contributed by atoms with van der Waals surface area (Å²) in [5, 5.41) is 1.39. The van der Waals surface area contributed by atoms with Gasteiger partial charge in [-0.15, -0.1) is 0 Å². The summed E-state index contributed by atoms with van der Waals surface area (Å²) >= 11 is 5.26. The molecule has 29 heavy (non-hydrogen) atoms. The van der Waals surface area contributed by atoms with Gasteiger partial charge in [-0.2, -0.15) is 0 Å². The molecule has 9 heteroatoms. The average molecular weight is 442 g/mol. The Kier molecular flexibility index (Phi) is 8.53. The van der Waals surface area contributed by atoms with Crippen LogP contribution < -0.4 is 9.80 Å². The molecule has 0 heterocycles. The van der Waals surface area contributed by atoms with Crippen LogP contribution in [0, 0.1) is 5.92 Å². The van der Waals surface area contributed by atoms with Crippen molar-refractivity contribution in [3.05, 3.63) is 60.2 Å². The molecule has 0 aliphatic heterocycles. The third-order valence-corrected chi connectivity index (χ3v) is 4.60. The SMILES string of the molecule is COc1ccc(N(OCc2ccccc2)[C@@H](CC(C)C)C(=O)OP(=O)(O)Cl)cc1. The van der Waals surface area contributed by atoms with Gasteiger partial charge in [-0.25, -0.2) is 14.4 Å². The Labute approximate surface area is 175 Å². The van der Waals surface area contributed by atoms with Crippen LogP contribution in [0.3, 0.4) is 0 Å². The molecule has 0 fully saturated rings. The Bertz CT molecular complexity index is 825. The lowest BCUT2D eigenvalue weighted by atomic mass is 10.0. The molecular formula is C20H25ClNO6P. The lowest BCUT2D eigenvalue weighted by Gasteiger charge is -2.32. The molecule has 2 rings (SSSR count). The molecular weight excluding hydrogens is 417 g/mol. The van der Waals surface area contributed by atoms with E-state index in [-0.39, 0.29) is 12.5 Å². The fourth-order valence-electron chi connectivity index (χ4n) is 2.70. The average Bonchev–Trinajstić information content (AvgIpc) is 2.67. The van der Waals surface area contributed by atoms with Crippen molar-refractivity contribution in [2.75, 3.05) is 12.2 Å². The van der Waals surface area contributed by atoms with Crippen molar-refractivity contribution < 1.29 is 28.4 Å². The molecule has 0 spiro atoms. The Balaban J connectivity index is 2.36. The highest BCUT2D eigenvalue weighted by atomic mass is 35.7. The van der Waals surface area contributed by atoms with E-state index in [0.29, 0.717) is 17.9 Å². The molecule has 1 unspecified atom stereocenters. The fraction of sp³-hybridized carbons (Fsp3) is 0.350. The quantitative estimate of drug-likeness (QED) is 0.413. The van der Waals surface area contributed by atoms with Gasteiger partial charge in [0.2, 0.25) is 0 Å². The molecule has 0 aliphatic rings. The van der Waals surface area contributed by atoms with E-state index in [1.165, 1.54) is 5.06 Å². The Morgan fingerprint density at radius 3 is 2.28 bits per heavy atom. The summed E-state index contributed by atoms with van der Waals surface area (Å²) in [6, 6.07) is 15.4. The van der Waals surface area contributed by atoms with Gasteiger partial charge < -0.3 is 14.2 Å². The van der Waals surface area contributed by atoms with Crippen molar-refractivity contribution in [3.63, 3.8) is 0 Å². The predicted octanol–water partition coefficient (Wildman–Crippen LogP) is 4.93. The normalized spacial score (nSPS) is 14.1. The van der Waals surface area contributed by atoms with Crippen molar-refractivity contribution in [2.45, 2.75) is 32.9 Å². The van der Waals surface area contributed by atoms with E-state index >= 15 is 0 Å². The van der Waals surface area contributed by atoms with Crippen LogP contribution in [-0.4, -0.2) is 24.0 Å². The smallest absolute Gasteiger partial charge is 0.476 e. The molecule has 2 atom stereocenters. The van der Waals surface area contributed by atoms with Crippen LogP contribution in [0.2, 0.25) is 0 Å². The van der Waals surface area contributed by atoms with Gasteiger partial charge in [0.05, 0.1) is 19.4 Å². The molecule has 2 aromatic rings. The highest BCUT2D eigenvalue weighted by Crippen LogP contribution is 2.48. The molecule has 0 radical (unpaired) electrons. The number of methoxy groups -OCH3 is 1. The number of carbonyl (C=O) groups is 1. The van der Waals surface area contributed by atoms with Crippen molar-refractivity contribution in [2.24, 2.45) is 5.92 Å². The number of hydrogen-bond donors (Lipinski definition) is 1. The third-order valence-electron chi connectivity index (χ3n) is 3.99. The van der Waals surface area contributed by atoms with Gasteiger partial charge in [0.15, 0.2) is 6.04 Å². The van der Waals surface area contributed by atoms with Gasteiger partial charge in [-0.3, -0.25) is 4.84 Å². The summed E-state index contributed by atoms with van der Waals surface area (Å²) in [6.07, 6.45) is 0.316. The van der Waals surface area contributed by atoms with Crippen LogP contribution in [-0.2, 0) is 25.3 Å². The Hall–Kier alpha value is -2.05. The van der Waals surface area contributed by atoms with Crippen molar-refractivity contribution >= 4 is 29.8 Å². The van der Waals surface area contributed by atoms with Crippen molar-refractivity contribution in [1.29, 1.82) is 0 Å². The van der Waals surface area contributed by atoms with Crippen LogP contribution >= 0.6 is 18.2 Å². The minimum Gasteiger partial charge on any atom is -0.497 e. The van der Waals surface area contributed by atoms with Crippen LogP contribution in [0.4, 0.5) is 5.69 Å². The van der Waals surface area contributed by atoms with Gasteiger partial charge >= 0.3 is 12.9 Å². The maximum Gasteiger partial charge on any atom is 0.476 e. The van der Waals surface area contributed by atoms with Gasteiger partial charge in [-0.1, -0.05) is 44.2 Å². The monoisotopic (exact) mass is 441 g/mol. The highest BCUT2D eigenvalue weighted by molar-refractivity contribution is 7.80. The summed E-state index contributed by atoms with van der Waals surface area (Å²) in [6.45, 7) is -0.494. The first-order chi connectivity index (χ1) is 13.7. The molecule has 0 aliphatic carbocycles. The molecule has 0 aromatic heterocycles. The Morgan fingerprint density at radius 2 is 1.76 bits per heavy atom. The standard InChI is InChI=1S/C20H25ClNO6P/c1-15(2)13-19(20(23)28-29(21,24)25)22(17-9-11-18(26-3)12-10-17)27-14-16-7-5-4-6-8-16/h4-12,15,19H,13-14H2,1-3H3,(H,24,25)/t19-/m0/s1. The molecule has 0 saturated heterocycles. The second-order valence-electron chi connectivity index (χ2n) is 6.79. The van der Waals surface area contributed by atoms with Crippen LogP contribution in [0.5, 0.6) is 5.75 Å². The molecule has 7 nitrogen and oxygen atoms in total. The number of hydrogen-bond acceptors (Lipinski definition) is 6. The lowest BCUT2D eigenvalue weighted by Crippen LogP contribution is -2.43. The summed E-state index contributed by atoms with van der Waals surface area (Å²) in [7, 11) is 1.55. The Morgan fingerprint density at radius 1 is 1.14 bits per heavy atom. The minimum absolute atomic E-state index is 0.0713. The second-order valence-corrected chi connectivity index (χ2v) is 9.16. The largest absolute Gasteiger partial charge is 0.497 e. The van der Waals surface area contributed by atoms with Gasteiger partial charge in [0.25, 0.3) is 0 Å². The van der Waals surface area contributed by atoms with Gasteiger partial charge in [-0.05, 0) is 42.2 Å². The van der Waals surface area contributed by atoms with Gasteiger partial charge in [0, 0.05) is 11.2 Å². The van der Waals surface area contributed by atoms with E-state index in [4.69, 9.17) is 20.8 Å². The first kappa shape index (κ1) is 23.2. The molecule has 0 saturated carbocycles. The molecule has 0 bridgehead atoms. The third kappa shape index (κ3) is 7.71. The zero-order valence-electron chi connectivity index (χ0n) is 16.5. The summed E-state index contributed by atoms with van der Waals surface area (Å²) in [5.41, 5.74) is 1.46. The van der Waals surface area contributed by atoms with Crippen LogP contribution in [0.25, 0.3) is 0 Å². The summed E-state index contributed by atoms with van der Waals surface area (Å²) in [5.74, 6) is -0.231. The topological polar surface area (TPSA) is 85.3 Å². The number of anilines is 1. The molecule has 0 amide bonds. The van der Waals surface area contributed by atoms with E-state index in [1.807, 2.05) is 44.2 Å². The van der Waals surface area contributed by atoms with E-state index < -0.39 is 19.0 Å².